The van der Waals surface area contributed by atoms with E-state index in [4.69, 9.17) is 16.7 Å². The highest BCUT2D eigenvalue weighted by atomic mass is 35.5. The Morgan fingerprint density at radius 3 is 3.00 bits per heavy atom. The molecule has 1 aromatic carbocycles. The maximum atomic E-state index is 8.97. The molecule has 2 rings (SSSR count). The van der Waals surface area contributed by atoms with E-state index in [-0.39, 0.29) is 6.61 Å². The zero-order chi connectivity index (χ0) is 8.55. The van der Waals surface area contributed by atoms with Gasteiger partial charge in [0.25, 0.3) is 0 Å². The summed E-state index contributed by atoms with van der Waals surface area (Å²) in [7, 11) is 0. The van der Waals surface area contributed by atoms with E-state index in [0.717, 1.165) is 20.7 Å². The molecule has 0 aliphatic heterocycles. The number of fused-ring (bicyclic) bond motifs is 1. The van der Waals surface area contributed by atoms with Crippen molar-refractivity contribution in [1.82, 2.24) is 0 Å². The minimum Gasteiger partial charge on any atom is -0.392 e. The molecule has 1 nitrogen and oxygen atoms in total. The third kappa shape index (κ3) is 1.22. The normalized spacial score (nSPS) is 10.8. The van der Waals surface area contributed by atoms with Crippen molar-refractivity contribution in [2.24, 2.45) is 0 Å². The van der Waals surface area contributed by atoms with E-state index in [1.54, 1.807) is 11.3 Å². The largest absolute Gasteiger partial charge is 0.392 e. The second kappa shape index (κ2) is 3.05. The van der Waals surface area contributed by atoms with Gasteiger partial charge < -0.3 is 5.11 Å². The molecule has 62 valence electrons. The Kier molecular flexibility index (Phi) is 2.05. The third-order valence-electron chi connectivity index (χ3n) is 1.79. The van der Waals surface area contributed by atoms with E-state index in [1.807, 2.05) is 23.6 Å². The van der Waals surface area contributed by atoms with E-state index in [9.17, 15) is 0 Å². The van der Waals surface area contributed by atoms with E-state index >= 15 is 0 Å². The van der Waals surface area contributed by atoms with Crippen molar-refractivity contribution in [3.8, 4) is 0 Å². The van der Waals surface area contributed by atoms with Crippen LogP contribution in [0.15, 0.2) is 23.6 Å². The molecular weight excluding hydrogens is 192 g/mol. The minimum absolute atomic E-state index is 0.0988. The molecule has 0 aliphatic rings. The standard InChI is InChI=1S/C9H7ClOS/c10-7-1-2-8-6(4-11)5-12-9(8)3-7/h1-3,5,11H,4H2. The topological polar surface area (TPSA) is 20.2 Å². The Balaban J connectivity index is 2.73. The second-order valence-electron chi connectivity index (χ2n) is 2.56. The van der Waals surface area contributed by atoms with Gasteiger partial charge in [-0.2, -0.15) is 0 Å². The van der Waals surface area contributed by atoms with Gasteiger partial charge in [0, 0.05) is 9.72 Å². The van der Waals surface area contributed by atoms with Crippen LogP contribution >= 0.6 is 22.9 Å². The fourth-order valence-electron chi connectivity index (χ4n) is 1.18. The summed E-state index contributed by atoms with van der Waals surface area (Å²) < 4.78 is 1.13. The third-order valence-corrected chi connectivity index (χ3v) is 3.02. The fraction of sp³-hybridized carbons (Fsp3) is 0.111. The zero-order valence-corrected chi connectivity index (χ0v) is 7.82. The highest BCUT2D eigenvalue weighted by Crippen LogP contribution is 2.28. The van der Waals surface area contributed by atoms with Crippen LogP contribution in [-0.4, -0.2) is 5.11 Å². The van der Waals surface area contributed by atoms with Gasteiger partial charge in [0.15, 0.2) is 0 Å². The van der Waals surface area contributed by atoms with Crippen LogP contribution in [0.2, 0.25) is 5.02 Å². The smallest absolute Gasteiger partial charge is 0.0696 e. The molecule has 3 heteroatoms. The van der Waals surface area contributed by atoms with Gasteiger partial charge in [-0.1, -0.05) is 17.7 Å². The number of rotatable bonds is 1. The highest BCUT2D eigenvalue weighted by Gasteiger charge is 2.02. The Morgan fingerprint density at radius 1 is 1.42 bits per heavy atom. The van der Waals surface area contributed by atoms with Crippen LogP contribution in [0.3, 0.4) is 0 Å². The lowest BCUT2D eigenvalue weighted by Gasteiger charge is -1.93. The maximum absolute atomic E-state index is 8.97. The van der Waals surface area contributed by atoms with E-state index in [1.165, 1.54) is 0 Å². The first kappa shape index (κ1) is 8.05. The molecule has 0 saturated carbocycles. The summed E-state index contributed by atoms with van der Waals surface area (Å²) in [5.41, 5.74) is 0.978. The van der Waals surface area contributed by atoms with Gasteiger partial charge in [-0.15, -0.1) is 11.3 Å². The molecule has 1 aromatic heterocycles. The molecule has 0 fully saturated rings. The first-order chi connectivity index (χ1) is 5.81. The lowest BCUT2D eigenvalue weighted by Crippen LogP contribution is -1.77. The summed E-state index contributed by atoms with van der Waals surface area (Å²) in [4.78, 5) is 0. The molecule has 0 atom stereocenters. The summed E-state index contributed by atoms with van der Waals surface area (Å²) in [5, 5.41) is 12.8. The summed E-state index contributed by atoms with van der Waals surface area (Å²) in [5.74, 6) is 0. The Bertz CT molecular complexity index is 408. The van der Waals surface area contributed by atoms with Crippen LogP contribution in [0, 0.1) is 0 Å². The number of thiophene rings is 1. The van der Waals surface area contributed by atoms with Gasteiger partial charge in [0.1, 0.15) is 0 Å². The predicted octanol–water partition coefficient (Wildman–Crippen LogP) is 3.05. The molecule has 1 heterocycles. The van der Waals surface area contributed by atoms with Crippen molar-refractivity contribution in [3.05, 3.63) is 34.2 Å². The summed E-state index contributed by atoms with van der Waals surface area (Å²) in [6.45, 7) is 0.0988. The van der Waals surface area contributed by atoms with Crippen LogP contribution in [-0.2, 0) is 6.61 Å². The first-order valence-corrected chi connectivity index (χ1v) is 4.83. The summed E-state index contributed by atoms with van der Waals surface area (Å²) >= 11 is 7.42. The molecule has 0 radical (unpaired) electrons. The quantitative estimate of drug-likeness (QED) is 0.747. The summed E-state index contributed by atoms with van der Waals surface area (Å²) in [6.07, 6.45) is 0. The number of hydrogen-bond donors (Lipinski definition) is 1. The second-order valence-corrected chi connectivity index (χ2v) is 3.91. The molecule has 0 bridgehead atoms. The van der Waals surface area contributed by atoms with E-state index in [2.05, 4.69) is 0 Å². The summed E-state index contributed by atoms with van der Waals surface area (Å²) in [6, 6.07) is 5.70. The van der Waals surface area contributed by atoms with Crippen molar-refractivity contribution in [3.63, 3.8) is 0 Å². The average Bonchev–Trinajstić information content (AvgIpc) is 2.46. The molecule has 0 saturated heterocycles. The molecule has 0 aliphatic carbocycles. The zero-order valence-electron chi connectivity index (χ0n) is 6.25. The van der Waals surface area contributed by atoms with Crippen molar-refractivity contribution in [2.75, 3.05) is 0 Å². The average molecular weight is 199 g/mol. The SMILES string of the molecule is OCc1csc2cc(Cl)ccc12. The Labute approximate surface area is 79.2 Å². The molecular formula is C9H7ClOS. The number of aliphatic hydroxyl groups is 1. The van der Waals surface area contributed by atoms with E-state index < -0.39 is 0 Å². The van der Waals surface area contributed by atoms with Crippen LogP contribution in [0.4, 0.5) is 0 Å². The predicted molar refractivity (Wildman–Crippen MR) is 52.8 cm³/mol. The van der Waals surface area contributed by atoms with Crippen molar-refractivity contribution >= 4 is 33.0 Å². The number of aliphatic hydroxyl groups excluding tert-OH is 1. The van der Waals surface area contributed by atoms with Crippen LogP contribution in [0.1, 0.15) is 5.56 Å². The van der Waals surface area contributed by atoms with Gasteiger partial charge in [0.2, 0.25) is 0 Å². The van der Waals surface area contributed by atoms with Gasteiger partial charge in [0.05, 0.1) is 6.61 Å². The Morgan fingerprint density at radius 2 is 2.25 bits per heavy atom. The highest BCUT2D eigenvalue weighted by molar-refractivity contribution is 7.17. The molecule has 0 unspecified atom stereocenters. The maximum Gasteiger partial charge on any atom is 0.0696 e. The monoisotopic (exact) mass is 198 g/mol. The van der Waals surface area contributed by atoms with E-state index in [0.29, 0.717) is 0 Å². The number of halogens is 1. The van der Waals surface area contributed by atoms with Crippen molar-refractivity contribution in [2.45, 2.75) is 6.61 Å². The number of hydrogen-bond acceptors (Lipinski definition) is 2. The van der Waals surface area contributed by atoms with Crippen molar-refractivity contribution in [1.29, 1.82) is 0 Å². The molecule has 0 amide bonds. The first-order valence-electron chi connectivity index (χ1n) is 3.58. The number of benzene rings is 1. The van der Waals surface area contributed by atoms with Crippen molar-refractivity contribution < 1.29 is 5.11 Å². The van der Waals surface area contributed by atoms with Crippen LogP contribution < -0.4 is 0 Å². The molecule has 0 spiro atoms. The molecule has 12 heavy (non-hydrogen) atoms. The lowest BCUT2D eigenvalue weighted by molar-refractivity contribution is 0.284. The minimum atomic E-state index is 0.0988. The van der Waals surface area contributed by atoms with Gasteiger partial charge in [-0.25, -0.2) is 0 Å². The van der Waals surface area contributed by atoms with Gasteiger partial charge in [-0.05, 0) is 28.5 Å². The fourth-order valence-corrected chi connectivity index (χ4v) is 2.41. The molecule has 2 aromatic rings. The van der Waals surface area contributed by atoms with Crippen LogP contribution in [0.25, 0.3) is 10.1 Å². The van der Waals surface area contributed by atoms with Gasteiger partial charge >= 0.3 is 0 Å². The Hall–Kier alpha value is -0.570. The van der Waals surface area contributed by atoms with Crippen LogP contribution in [0.5, 0.6) is 0 Å². The van der Waals surface area contributed by atoms with Gasteiger partial charge in [-0.3, -0.25) is 0 Å². The lowest BCUT2D eigenvalue weighted by atomic mass is 10.2. The molecule has 1 N–H and O–H groups in total.